The molecule has 0 spiro atoms. The maximum atomic E-state index is 12.7. The Morgan fingerprint density at radius 1 is 1.26 bits per heavy atom. The highest BCUT2D eigenvalue weighted by molar-refractivity contribution is 5.95. The fourth-order valence-electron chi connectivity index (χ4n) is 3.37. The van der Waals surface area contributed by atoms with E-state index in [2.05, 4.69) is 19.2 Å². The molecule has 2 heterocycles. The number of nitrogens with zero attached hydrogens (tertiary/aromatic N) is 2. The lowest BCUT2D eigenvalue weighted by Crippen LogP contribution is -2.43. The molecule has 1 aromatic heterocycles. The van der Waals surface area contributed by atoms with Crippen molar-refractivity contribution in [3.8, 4) is 0 Å². The molecule has 1 aromatic carbocycles. The first-order valence-electron chi connectivity index (χ1n) is 9.43. The molecular weight excluding hydrogens is 342 g/mol. The fraction of sp³-hybridized carbons (Fsp3) is 0.429. The van der Waals surface area contributed by atoms with Crippen LogP contribution >= 0.6 is 0 Å². The van der Waals surface area contributed by atoms with E-state index in [-0.39, 0.29) is 17.9 Å². The Bertz CT molecular complexity index is 743. The minimum Gasteiger partial charge on any atom is -0.467 e. The second-order valence-corrected chi connectivity index (χ2v) is 7.45. The van der Waals surface area contributed by atoms with Gasteiger partial charge in [0.1, 0.15) is 5.76 Å². The van der Waals surface area contributed by atoms with Gasteiger partial charge in [0.25, 0.3) is 0 Å². The number of furan rings is 1. The van der Waals surface area contributed by atoms with Crippen LogP contribution in [-0.2, 0) is 11.3 Å². The third-order valence-corrected chi connectivity index (χ3v) is 4.61. The van der Waals surface area contributed by atoms with Crippen molar-refractivity contribution in [3.63, 3.8) is 0 Å². The van der Waals surface area contributed by atoms with E-state index in [9.17, 15) is 9.59 Å². The van der Waals surface area contributed by atoms with Gasteiger partial charge in [0.15, 0.2) is 0 Å². The van der Waals surface area contributed by atoms with Gasteiger partial charge in [0, 0.05) is 37.7 Å². The fourth-order valence-corrected chi connectivity index (χ4v) is 3.37. The first-order valence-corrected chi connectivity index (χ1v) is 9.43. The monoisotopic (exact) mass is 369 g/mol. The van der Waals surface area contributed by atoms with Crippen molar-refractivity contribution in [2.75, 3.05) is 24.5 Å². The molecule has 0 unspecified atom stereocenters. The first-order chi connectivity index (χ1) is 13.0. The normalized spacial score (nSPS) is 16.8. The topological polar surface area (TPSA) is 65.8 Å². The third-order valence-electron chi connectivity index (χ3n) is 4.61. The van der Waals surface area contributed by atoms with Gasteiger partial charge in [-0.3, -0.25) is 4.79 Å². The number of carbonyl (C=O) groups excluding carboxylic acids is 2. The van der Waals surface area contributed by atoms with Gasteiger partial charge in [-0.2, -0.15) is 0 Å². The summed E-state index contributed by atoms with van der Waals surface area (Å²) < 4.78 is 5.38. The lowest BCUT2D eigenvalue weighted by Gasteiger charge is -2.25. The Hall–Kier alpha value is -2.76. The zero-order valence-electron chi connectivity index (χ0n) is 15.9. The Morgan fingerprint density at radius 3 is 2.70 bits per heavy atom. The van der Waals surface area contributed by atoms with Crippen molar-refractivity contribution in [3.05, 3.63) is 54.5 Å². The number of carbonyl (C=O) groups is 2. The number of hydrogen-bond donors (Lipinski definition) is 1. The summed E-state index contributed by atoms with van der Waals surface area (Å²) >= 11 is 0. The predicted molar refractivity (Wildman–Crippen MR) is 104 cm³/mol. The summed E-state index contributed by atoms with van der Waals surface area (Å²) in [5.74, 6) is 1.34. The Balaban J connectivity index is 1.54. The Labute approximate surface area is 160 Å². The number of hydrogen-bond acceptors (Lipinski definition) is 3. The van der Waals surface area contributed by atoms with Crippen LogP contribution in [-0.4, -0.2) is 36.5 Å². The lowest BCUT2D eigenvalue weighted by atomic mass is 10.1. The molecule has 1 fully saturated rings. The molecule has 1 saturated heterocycles. The highest BCUT2D eigenvalue weighted by Crippen LogP contribution is 2.24. The van der Waals surface area contributed by atoms with Crippen molar-refractivity contribution >= 4 is 17.6 Å². The Kier molecular flexibility index (Phi) is 6.16. The number of nitrogens with one attached hydrogen (secondary N) is 1. The molecule has 6 heteroatoms. The summed E-state index contributed by atoms with van der Waals surface area (Å²) in [4.78, 5) is 28.5. The maximum Gasteiger partial charge on any atom is 0.317 e. The molecule has 3 rings (SSSR count). The largest absolute Gasteiger partial charge is 0.467 e. The van der Waals surface area contributed by atoms with E-state index in [0.717, 1.165) is 11.4 Å². The van der Waals surface area contributed by atoms with E-state index in [1.54, 1.807) is 16.1 Å². The van der Waals surface area contributed by atoms with Crippen molar-refractivity contribution in [2.24, 2.45) is 11.8 Å². The molecule has 0 aliphatic carbocycles. The van der Waals surface area contributed by atoms with Crippen molar-refractivity contribution in [1.29, 1.82) is 0 Å². The molecule has 1 aliphatic heterocycles. The van der Waals surface area contributed by atoms with Crippen molar-refractivity contribution in [1.82, 2.24) is 10.2 Å². The van der Waals surface area contributed by atoms with Crippen LogP contribution < -0.4 is 10.2 Å². The number of urea groups is 1. The minimum atomic E-state index is -0.120. The van der Waals surface area contributed by atoms with Crippen LogP contribution in [0.25, 0.3) is 0 Å². The van der Waals surface area contributed by atoms with E-state index in [0.29, 0.717) is 38.5 Å². The zero-order valence-corrected chi connectivity index (χ0v) is 15.9. The van der Waals surface area contributed by atoms with Gasteiger partial charge in [-0.25, -0.2) is 4.79 Å². The molecule has 144 valence electrons. The van der Waals surface area contributed by atoms with Crippen LogP contribution in [0.4, 0.5) is 10.5 Å². The molecule has 1 aliphatic rings. The molecule has 0 radical (unpaired) electrons. The highest BCUT2D eigenvalue weighted by Gasteiger charge is 2.31. The average Bonchev–Trinajstić information content (AvgIpc) is 3.29. The number of anilines is 1. The number of benzene rings is 1. The molecule has 2 aromatic rings. The summed E-state index contributed by atoms with van der Waals surface area (Å²) in [6.45, 7) is 6.36. The van der Waals surface area contributed by atoms with Gasteiger partial charge in [-0.1, -0.05) is 32.0 Å². The summed E-state index contributed by atoms with van der Waals surface area (Å²) in [6, 6.07) is 13.2. The molecule has 6 nitrogen and oxygen atoms in total. The van der Waals surface area contributed by atoms with Gasteiger partial charge in [-0.05, 0) is 30.2 Å². The summed E-state index contributed by atoms with van der Waals surface area (Å²) in [7, 11) is 0. The van der Waals surface area contributed by atoms with Crippen LogP contribution in [0.3, 0.4) is 0 Å². The molecule has 0 saturated carbocycles. The van der Waals surface area contributed by atoms with Gasteiger partial charge in [-0.15, -0.1) is 0 Å². The van der Waals surface area contributed by atoms with Crippen LogP contribution in [0.5, 0.6) is 0 Å². The van der Waals surface area contributed by atoms with E-state index < -0.39 is 0 Å². The third kappa shape index (κ3) is 5.12. The van der Waals surface area contributed by atoms with E-state index >= 15 is 0 Å². The second kappa shape index (κ2) is 8.75. The maximum absolute atomic E-state index is 12.7. The molecular formula is C21H27N3O3. The quantitative estimate of drug-likeness (QED) is 0.812. The molecule has 1 N–H and O–H groups in total. The van der Waals surface area contributed by atoms with Crippen molar-refractivity contribution in [2.45, 2.75) is 26.8 Å². The summed E-state index contributed by atoms with van der Waals surface area (Å²) in [5.41, 5.74) is 0.913. The minimum absolute atomic E-state index is 0.107. The van der Waals surface area contributed by atoms with Gasteiger partial charge in [0.05, 0.1) is 12.8 Å². The Morgan fingerprint density at radius 2 is 2.04 bits per heavy atom. The second-order valence-electron chi connectivity index (χ2n) is 7.45. The van der Waals surface area contributed by atoms with Crippen LogP contribution in [0.2, 0.25) is 0 Å². The van der Waals surface area contributed by atoms with Crippen LogP contribution in [0.15, 0.2) is 53.1 Å². The SMILES string of the molecule is CC(C)CN(Cc1ccco1)C(=O)NC[C@H]1CC(=O)N(c2ccccc2)C1. The van der Waals surface area contributed by atoms with Gasteiger partial charge >= 0.3 is 6.03 Å². The van der Waals surface area contributed by atoms with Crippen molar-refractivity contribution < 1.29 is 14.0 Å². The molecule has 3 amide bonds. The molecule has 1 atom stereocenters. The van der Waals surface area contributed by atoms with Gasteiger partial charge < -0.3 is 19.5 Å². The van der Waals surface area contributed by atoms with Crippen LogP contribution in [0.1, 0.15) is 26.0 Å². The number of rotatable bonds is 7. The van der Waals surface area contributed by atoms with E-state index in [4.69, 9.17) is 4.42 Å². The van der Waals surface area contributed by atoms with Crippen LogP contribution in [0, 0.1) is 11.8 Å². The standard InChI is InChI=1S/C21H27N3O3/c1-16(2)13-23(15-19-9-6-10-27-19)21(26)22-12-17-11-20(25)24(14-17)18-7-4-3-5-8-18/h3-10,16-17H,11-15H2,1-2H3,(H,22,26)/t17-/m1/s1. The van der Waals surface area contributed by atoms with Gasteiger partial charge in [0.2, 0.25) is 5.91 Å². The molecule has 0 bridgehead atoms. The average molecular weight is 369 g/mol. The number of amides is 3. The highest BCUT2D eigenvalue weighted by atomic mass is 16.3. The molecule has 27 heavy (non-hydrogen) atoms. The smallest absolute Gasteiger partial charge is 0.317 e. The number of para-hydroxylation sites is 1. The lowest BCUT2D eigenvalue weighted by molar-refractivity contribution is -0.117. The van der Waals surface area contributed by atoms with E-state index in [1.807, 2.05) is 42.5 Å². The summed E-state index contributed by atoms with van der Waals surface area (Å²) in [5, 5.41) is 3.00. The predicted octanol–water partition coefficient (Wildman–Crippen LogP) is 3.50. The summed E-state index contributed by atoms with van der Waals surface area (Å²) in [6.07, 6.45) is 2.07. The first kappa shape index (κ1) is 19.0. The van der Waals surface area contributed by atoms with E-state index in [1.165, 1.54) is 0 Å². The zero-order chi connectivity index (χ0) is 19.2.